The molecule has 23 nitrogen and oxygen atoms in total. The van der Waals surface area contributed by atoms with E-state index < -0.39 is 162 Å². The van der Waals surface area contributed by atoms with E-state index in [-0.39, 0.29) is 31.7 Å². The number of amides is 9. The number of fused-ring (bicyclic) bond motifs is 1. The lowest BCUT2D eigenvalue weighted by Crippen LogP contribution is -2.63. The van der Waals surface area contributed by atoms with Gasteiger partial charge in [-0.25, -0.2) is 4.79 Å². The predicted octanol–water partition coefficient (Wildman–Crippen LogP) is 3.35. The second-order valence-electron chi connectivity index (χ2n) is 24.1. The maximum absolute atomic E-state index is 15.0. The lowest BCUT2D eigenvalue weighted by atomic mass is 9.92. The Morgan fingerprint density at radius 3 is 1.64 bits per heavy atom. The summed E-state index contributed by atoms with van der Waals surface area (Å²) in [4.78, 5) is 167. The molecule has 4 N–H and O–H groups in total. The molecule has 0 saturated carbocycles. The van der Waals surface area contributed by atoms with Crippen molar-refractivity contribution in [1.82, 2.24) is 45.3 Å². The number of hydrogen-bond acceptors (Lipinski definition) is 13. The van der Waals surface area contributed by atoms with E-state index in [1.54, 1.807) is 86.6 Å². The number of nitrogens with one attached hydrogen (secondary N) is 3. The lowest BCUT2D eigenvalue weighted by Gasteiger charge is -2.41. The molecule has 83 heavy (non-hydrogen) atoms. The highest BCUT2D eigenvalue weighted by Gasteiger charge is 2.46. The fraction of sp³-hybridized carbons (Fsp3) is 0.717. The summed E-state index contributed by atoms with van der Waals surface area (Å²) in [5.41, 5.74) is 0.585. The number of hydrogen-bond donors (Lipinski definition) is 4. The third-order valence-electron chi connectivity index (χ3n) is 16.4. The Balaban J connectivity index is 2.33. The van der Waals surface area contributed by atoms with Crippen LogP contribution in [0.15, 0.2) is 24.3 Å². The van der Waals surface area contributed by atoms with Crippen LogP contribution in [0.25, 0.3) is 0 Å². The summed E-state index contributed by atoms with van der Waals surface area (Å²) in [6, 6.07) is -3.74. The summed E-state index contributed by atoms with van der Waals surface area (Å²) >= 11 is 0. The normalized spacial score (nSPS) is 26.3. The highest BCUT2D eigenvalue weighted by molar-refractivity contribution is 5.99. The molecule has 1 aromatic carbocycles. The van der Waals surface area contributed by atoms with E-state index in [2.05, 4.69) is 16.0 Å². The molecule has 23 heteroatoms. The van der Waals surface area contributed by atoms with Crippen LogP contribution in [-0.2, 0) is 63.9 Å². The molecule has 9 amide bonds. The molecule has 3 rings (SSSR count). The number of methoxy groups -OCH3 is 1. The minimum Gasteiger partial charge on any atom is -0.497 e. The predicted molar refractivity (Wildman–Crippen MR) is 311 cm³/mol. The molecule has 0 aliphatic carbocycles. The van der Waals surface area contributed by atoms with Gasteiger partial charge in [-0.05, 0) is 78.9 Å². The Morgan fingerprint density at radius 1 is 0.614 bits per heavy atom. The first-order valence-electron chi connectivity index (χ1n) is 29.3. The molecule has 11 unspecified atom stereocenters. The largest absolute Gasteiger partial charge is 0.497 e. The highest BCUT2D eigenvalue weighted by atomic mass is 16.6. The number of nitrogens with zero attached hydrogens (tertiary/aromatic N) is 6. The Bertz CT molecular complexity index is 2450. The van der Waals surface area contributed by atoms with Crippen LogP contribution in [-0.4, -0.2) is 209 Å². The number of benzene rings is 1. The lowest BCUT2D eigenvalue weighted by molar-refractivity contribution is -0.169. The quantitative estimate of drug-likeness (QED) is 0.195. The van der Waals surface area contributed by atoms with Gasteiger partial charge in [0.25, 0.3) is 5.91 Å². The zero-order chi connectivity index (χ0) is 63.1. The van der Waals surface area contributed by atoms with Crippen molar-refractivity contribution in [1.29, 1.82) is 0 Å². The van der Waals surface area contributed by atoms with Gasteiger partial charge in [-0.2, -0.15) is 0 Å². The van der Waals surface area contributed by atoms with E-state index in [1.165, 1.54) is 57.0 Å². The Labute approximate surface area is 491 Å². The summed E-state index contributed by atoms with van der Waals surface area (Å²) in [6.07, 6.45) is -0.439. The standard InChI is InChI=1S/C60H97N9O14/c1-19-37(11)49-52(73)61-32-45(70)65(14)47(34(5)6)53(74)63-42(30-39-24-26-40(82-18)27-25-39)60(81)83-51(36(9)10)59(80)69-28-22-21-23-43(69)56(77)66(15)48(35(7)8)54(75)62-41(29-33(3)4)55(76)64(13)44(31-46(71)72)57(78)68(17)50(38(12)20-2)58(79)67(49)16/h24-27,33-38,41-44,47-51H,19-23,28-32H2,1-18H3,(H,61,73)(H,62,75)(H,63,74)(H,71,72). The number of ether oxygens (including phenoxy) is 2. The summed E-state index contributed by atoms with van der Waals surface area (Å²) in [6.45, 7) is 20.3. The van der Waals surface area contributed by atoms with E-state index in [9.17, 15) is 57.8 Å². The van der Waals surface area contributed by atoms with Crippen molar-refractivity contribution in [2.45, 2.75) is 189 Å². The van der Waals surface area contributed by atoms with Gasteiger partial charge in [0.15, 0.2) is 6.10 Å². The minimum absolute atomic E-state index is 0.0318. The van der Waals surface area contributed by atoms with E-state index in [0.29, 0.717) is 37.0 Å². The maximum atomic E-state index is 15.0. The molecule has 2 aliphatic heterocycles. The van der Waals surface area contributed by atoms with Crippen molar-refractivity contribution in [2.75, 3.05) is 55.4 Å². The molecule has 0 aromatic heterocycles. The number of carbonyl (C=O) groups is 11. The fourth-order valence-electron chi connectivity index (χ4n) is 11.2. The average molecular weight is 1170 g/mol. The fourth-order valence-corrected chi connectivity index (χ4v) is 11.2. The van der Waals surface area contributed by atoms with Crippen molar-refractivity contribution in [3.05, 3.63) is 29.8 Å². The third-order valence-corrected chi connectivity index (χ3v) is 16.4. The van der Waals surface area contributed by atoms with Crippen LogP contribution in [0, 0.1) is 35.5 Å². The Morgan fingerprint density at radius 2 is 1.13 bits per heavy atom. The SMILES string of the molecule is CCC(C)C1C(=O)N(C)C(C(C)CC)C(=O)NCC(=O)N(C)C(C(C)C)C(=O)NC(Cc2ccc(OC)cc2)C(=O)OC(C(C)C)C(=O)N2CCCCC2C(=O)N(C)C(C(C)C)C(=O)NC(CC(C)C)C(=O)N(C)C(CC(=O)O)C(=O)N1C. The number of rotatable bonds is 14. The van der Waals surface area contributed by atoms with E-state index in [1.807, 2.05) is 20.8 Å². The second kappa shape index (κ2) is 31.7. The summed E-state index contributed by atoms with van der Waals surface area (Å²) in [5, 5.41) is 18.5. The van der Waals surface area contributed by atoms with Gasteiger partial charge in [0, 0.05) is 48.2 Å². The van der Waals surface area contributed by atoms with Crippen molar-refractivity contribution >= 4 is 65.1 Å². The number of likely N-dealkylation sites (N-methyl/N-ethyl adjacent to an activating group) is 5. The van der Waals surface area contributed by atoms with Crippen molar-refractivity contribution in [3.8, 4) is 5.75 Å². The first kappa shape index (κ1) is 70.5. The number of esters is 1. The summed E-state index contributed by atoms with van der Waals surface area (Å²) in [7, 11) is 8.30. The number of cyclic esters (lactones) is 1. The van der Waals surface area contributed by atoms with Crippen molar-refractivity contribution < 1.29 is 67.3 Å². The first-order valence-corrected chi connectivity index (χ1v) is 29.3. The molecule has 2 saturated heterocycles. The zero-order valence-electron chi connectivity index (χ0n) is 52.5. The molecular weight excluding hydrogens is 1070 g/mol. The van der Waals surface area contributed by atoms with Crippen LogP contribution in [0.3, 0.4) is 0 Å². The van der Waals surface area contributed by atoms with Gasteiger partial charge < -0.3 is 59.9 Å². The van der Waals surface area contributed by atoms with E-state index in [0.717, 1.165) is 14.7 Å². The van der Waals surface area contributed by atoms with Crippen LogP contribution in [0.5, 0.6) is 5.75 Å². The highest BCUT2D eigenvalue weighted by Crippen LogP contribution is 2.27. The number of carbonyl (C=O) groups excluding carboxylic acids is 10. The van der Waals surface area contributed by atoms with Crippen molar-refractivity contribution in [3.63, 3.8) is 0 Å². The molecule has 0 radical (unpaired) electrons. The number of carboxylic acids is 1. The molecule has 466 valence electrons. The van der Waals surface area contributed by atoms with Crippen LogP contribution in [0.4, 0.5) is 0 Å². The van der Waals surface area contributed by atoms with E-state index in [4.69, 9.17) is 9.47 Å². The maximum Gasteiger partial charge on any atom is 0.329 e. The van der Waals surface area contributed by atoms with Crippen LogP contribution in [0.1, 0.15) is 134 Å². The van der Waals surface area contributed by atoms with Crippen molar-refractivity contribution in [2.24, 2.45) is 35.5 Å². The molecule has 1 aromatic rings. The van der Waals surface area contributed by atoms with Gasteiger partial charge in [0.1, 0.15) is 54.1 Å². The van der Waals surface area contributed by atoms with Gasteiger partial charge in [0.05, 0.1) is 20.1 Å². The topological polar surface area (TPSA) is 282 Å². The summed E-state index contributed by atoms with van der Waals surface area (Å²) < 4.78 is 11.5. The van der Waals surface area contributed by atoms with Crippen LogP contribution < -0.4 is 20.7 Å². The Hall–Kier alpha value is -6.81. The smallest absolute Gasteiger partial charge is 0.329 e. The minimum atomic E-state index is -1.69. The van der Waals surface area contributed by atoms with Crippen LogP contribution >= 0.6 is 0 Å². The van der Waals surface area contributed by atoms with Gasteiger partial charge in [-0.15, -0.1) is 0 Å². The number of carboxylic acid groups (broad SMARTS) is 1. The van der Waals surface area contributed by atoms with E-state index >= 15 is 0 Å². The summed E-state index contributed by atoms with van der Waals surface area (Å²) in [5.74, 6) is -11.5. The molecule has 0 spiro atoms. The second-order valence-corrected chi connectivity index (χ2v) is 24.1. The molecule has 0 bridgehead atoms. The molecule has 11 atom stereocenters. The third kappa shape index (κ3) is 18.1. The molecule has 2 heterocycles. The van der Waals surface area contributed by atoms with Gasteiger partial charge in [-0.3, -0.25) is 47.9 Å². The number of piperidine rings is 1. The van der Waals surface area contributed by atoms with Gasteiger partial charge >= 0.3 is 11.9 Å². The zero-order valence-corrected chi connectivity index (χ0v) is 52.5. The monoisotopic (exact) mass is 1170 g/mol. The van der Waals surface area contributed by atoms with Gasteiger partial charge in [-0.1, -0.05) is 108 Å². The average Bonchev–Trinajstić information content (AvgIpc) is 3.64. The first-order chi connectivity index (χ1) is 38.8. The molecule has 2 fully saturated rings. The number of aliphatic carboxylic acids is 1. The van der Waals surface area contributed by atoms with Gasteiger partial charge in [0.2, 0.25) is 47.3 Å². The Kier molecular flexibility index (Phi) is 26.9. The molecular formula is C60H97N9O14. The van der Waals surface area contributed by atoms with Crippen LogP contribution in [0.2, 0.25) is 0 Å². The molecule has 2 aliphatic rings.